The topological polar surface area (TPSA) is 53.4 Å². The maximum Gasteiger partial charge on any atom is 0.328 e. The number of aliphatic carboxylic acids is 1. The molecule has 20 heavy (non-hydrogen) atoms. The molecule has 0 bridgehead atoms. The van der Waals surface area contributed by atoms with Gasteiger partial charge in [0.25, 0.3) is 0 Å². The molecule has 0 spiro atoms. The normalized spacial score (nSPS) is 12.5. The molecule has 0 fully saturated rings. The zero-order valence-corrected chi connectivity index (χ0v) is 12.2. The maximum absolute atomic E-state index is 10.7. The molecular formula is C15H16N2O2S. The Morgan fingerprint density at radius 1 is 1.45 bits per heavy atom. The molecule has 1 atom stereocenters. The SMILES string of the molecule is CC(c1cccs1)N(C)c1ncccc1/C=C/C(=O)O. The summed E-state index contributed by atoms with van der Waals surface area (Å²) < 4.78 is 0. The first-order chi connectivity index (χ1) is 9.59. The Labute approximate surface area is 122 Å². The molecule has 5 heteroatoms. The van der Waals surface area contributed by atoms with E-state index in [4.69, 9.17) is 5.11 Å². The van der Waals surface area contributed by atoms with Crippen LogP contribution in [0.25, 0.3) is 6.08 Å². The van der Waals surface area contributed by atoms with E-state index in [1.54, 1.807) is 29.7 Å². The van der Waals surface area contributed by atoms with Gasteiger partial charge in [0.2, 0.25) is 0 Å². The minimum Gasteiger partial charge on any atom is -0.478 e. The van der Waals surface area contributed by atoms with Gasteiger partial charge in [0.05, 0.1) is 6.04 Å². The number of anilines is 1. The van der Waals surface area contributed by atoms with Crippen molar-refractivity contribution in [3.05, 3.63) is 52.4 Å². The van der Waals surface area contributed by atoms with Crippen LogP contribution >= 0.6 is 11.3 Å². The standard InChI is InChI=1S/C15H16N2O2S/c1-11(13-6-4-10-20-13)17(2)15-12(5-3-9-16-15)7-8-14(18)19/h3-11H,1-2H3,(H,18,19)/b8-7+. The highest BCUT2D eigenvalue weighted by Crippen LogP contribution is 2.29. The second kappa shape index (κ2) is 6.34. The second-order valence-electron chi connectivity index (χ2n) is 4.39. The summed E-state index contributed by atoms with van der Waals surface area (Å²) in [5, 5.41) is 10.8. The van der Waals surface area contributed by atoms with Crippen molar-refractivity contribution in [2.75, 3.05) is 11.9 Å². The van der Waals surface area contributed by atoms with Gasteiger partial charge in [-0.05, 0) is 36.6 Å². The highest BCUT2D eigenvalue weighted by molar-refractivity contribution is 7.10. The van der Waals surface area contributed by atoms with E-state index in [9.17, 15) is 4.79 Å². The molecule has 2 rings (SSSR count). The first-order valence-electron chi connectivity index (χ1n) is 6.22. The number of thiophene rings is 1. The summed E-state index contributed by atoms with van der Waals surface area (Å²) in [6.45, 7) is 2.10. The lowest BCUT2D eigenvalue weighted by Gasteiger charge is -2.26. The summed E-state index contributed by atoms with van der Waals surface area (Å²) in [5.41, 5.74) is 0.792. The Morgan fingerprint density at radius 3 is 2.90 bits per heavy atom. The lowest BCUT2D eigenvalue weighted by molar-refractivity contribution is -0.131. The van der Waals surface area contributed by atoms with Gasteiger partial charge in [-0.25, -0.2) is 9.78 Å². The molecule has 0 aliphatic heterocycles. The molecule has 2 heterocycles. The summed E-state index contributed by atoms with van der Waals surface area (Å²) in [4.78, 5) is 18.3. The molecule has 0 aromatic carbocycles. The van der Waals surface area contributed by atoms with Crippen molar-refractivity contribution >= 4 is 29.2 Å². The number of hydrogen-bond donors (Lipinski definition) is 1. The van der Waals surface area contributed by atoms with Crippen LogP contribution in [0.15, 0.2) is 41.9 Å². The predicted octanol–water partition coefficient (Wildman–Crippen LogP) is 3.44. The maximum atomic E-state index is 10.7. The van der Waals surface area contributed by atoms with Crippen molar-refractivity contribution in [3.63, 3.8) is 0 Å². The minimum absolute atomic E-state index is 0.182. The average Bonchev–Trinajstić information content (AvgIpc) is 2.98. The third kappa shape index (κ3) is 3.24. The fraction of sp³-hybridized carbons (Fsp3) is 0.200. The lowest BCUT2D eigenvalue weighted by atomic mass is 10.2. The van der Waals surface area contributed by atoms with Crippen LogP contribution < -0.4 is 4.90 Å². The van der Waals surface area contributed by atoms with E-state index >= 15 is 0 Å². The van der Waals surface area contributed by atoms with Crippen LogP contribution in [-0.2, 0) is 4.79 Å². The molecule has 2 aromatic rings. The fourth-order valence-electron chi connectivity index (χ4n) is 1.90. The molecular weight excluding hydrogens is 272 g/mol. The van der Waals surface area contributed by atoms with Gasteiger partial charge in [-0.15, -0.1) is 11.3 Å². The number of aromatic nitrogens is 1. The first kappa shape index (κ1) is 14.3. The number of hydrogen-bond acceptors (Lipinski definition) is 4. The Hall–Kier alpha value is -2.14. The molecule has 0 aliphatic rings. The number of carboxylic acid groups (broad SMARTS) is 1. The third-order valence-corrected chi connectivity index (χ3v) is 4.13. The molecule has 1 N–H and O–H groups in total. The Bertz CT molecular complexity index is 608. The Kier molecular flexibility index (Phi) is 4.53. The van der Waals surface area contributed by atoms with E-state index in [2.05, 4.69) is 18.0 Å². The van der Waals surface area contributed by atoms with Crippen LogP contribution in [0.5, 0.6) is 0 Å². The van der Waals surface area contributed by atoms with Crippen LogP contribution in [0.2, 0.25) is 0 Å². The molecule has 0 radical (unpaired) electrons. The molecule has 1 unspecified atom stereocenters. The van der Waals surface area contributed by atoms with Gasteiger partial charge in [-0.3, -0.25) is 0 Å². The molecule has 0 saturated carbocycles. The van der Waals surface area contributed by atoms with Crippen molar-refractivity contribution in [1.29, 1.82) is 0 Å². The second-order valence-corrected chi connectivity index (χ2v) is 5.37. The quantitative estimate of drug-likeness (QED) is 0.856. The summed E-state index contributed by atoms with van der Waals surface area (Å²) in [5.74, 6) is -0.195. The summed E-state index contributed by atoms with van der Waals surface area (Å²) >= 11 is 1.70. The first-order valence-corrected chi connectivity index (χ1v) is 7.10. The number of pyridine rings is 1. The van der Waals surface area contributed by atoms with Gasteiger partial charge < -0.3 is 10.0 Å². The summed E-state index contributed by atoms with van der Waals surface area (Å²) in [7, 11) is 1.96. The van der Waals surface area contributed by atoms with Gasteiger partial charge in [-0.2, -0.15) is 0 Å². The van der Waals surface area contributed by atoms with Crippen LogP contribution in [-0.4, -0.2) is 23.1 Å². The average molecular weight is 288 g/mol. The highest BCUT2D eigenvalue weighted by atomic mass is 32.1. The summed E-state index contributed by atoms with van der Waals surface area (Å²) in [6.07, 6.45) is 4.41. The third-order valence-electron chi connectivity index (χ3n) is 3.09. The largest absolute Gasteiger partial charge is 0.478 e. The van der Waals surface area contributed by atoms with Gasteiger partial charge in [0.1, 0.15) is 5.82 Å². The number of rotatable bonds is 5. The Morgan fingerprint density at radius 2 is 2.25 bits per heavy atom. The smallest absolute Gasteiger partial charge is 0.328 e. The van der Waals surface area contributed by atoms with Crippen LogP contribution in [0, 0.1) is 0 Å². The Balaban J connectivity index is 2.30. The van der Waals surface area contributed by atoms with Crippen molar-refractivity contribution in [2.24, 2.45) is 0 Å². The van der Waals surface area contributed by atoms with E-state index in [1.807, 2.05) is 29.5 Å². The van der Waals surface area contributed by atoms with Crippen molar-refractivity contribution in [1.82, 2.24) is 4.98 Å². The molecule has 104 valence electrons. The van der Waals surface area contributed by atoms with Crippen LogP contribution in [0.1, 0.15) is 23.4 Å². The van der Waals surface area contributed by atoms with E-state index in [1.165, 1.54) is 4.88 Å². The van der Waals surface area contributed by atoms with Crippen LogP contribution in [0.4, 0.5) is 5.82 Å². The summed E-state index contributed by atoms with van der Waals surface area (Å²) in [6, 6.07) is 7.95. The van der Waals surface area contributed by atoms with Gasteiger partial charge in [0.15, 0.2) is 0 Å². The van der Waals surface area contributed by atoms with E-state index < -0.39 is 5.97 Å². The van der Waals surface area contributed by atoms with Crippen LogP contribution in [0.3, 0.4) is 0 Å². The van der Waals surface area contributed by atoms with E-state index in [-0.39, 0.29) is 6.04 Å². The fourth-order valence-corrected chi connectivity index (χ4v) is 2.73. The number of nitrogens with zero attached hydrogens (tertiary/aromatic N) is 2. The molecule has 0 aliphatic carbocycles. The number of carbonyl (C=O) groups is 1. The lowest BCUT2D eigenvalue weighted by Crippen LogP contribution is -2.22. The van der Waals surface area contributed by atoms with Crippen molar-refractivity contribution in [3.8, 4) is 0 Å². The zero-order valence-electron chi connectivity index (χ0n) is 11.4. The van der Waals surface area contributed by atoms with Crippen molar-refractivity contribution < 1.29 is 9.90 Å². The monoisotopic (exact) mass is 288 g/mol. The number of carboxylic acids is 1. The highest BCUT2D eigenvalue weighted by Gasteiger charge is 2.16. The van der Waals surface area contributed by atoms with Gasteiger partial charge in [0, 0.05) is 29.8 Å². The molecule has 2 aromatic heterocycles. The predicted molar refractivity (Wildman–Crippen MR) is 82.0 cm³/mol. The van der Waals surface area contributed by atoms with Gasteiger partial charge >= 0.3 is 5.97 Å². The van der Waals surface area contributed by atoms with Gasteiger partial charge in [-0.1, -0.05) is 6.07 Å². The zero-order chi connectivity index (χ0) is 14.5. The molecule has 0 amide bonds. The van der Waals surface area contributed by atoms with Crippen molar-refractivity contribution in [2.45, 2.75) is 13.0 Å². The van der Waals surface area contributed by atoms with E-state index in [0.29, 0.717) is 0 Å². The van der Waals surface area contributed by atoms with E-state index in [0.717, 1.165) is 17.5 Å². The minimum atomic E-state index is -0.964. The molecule has 4 nitrogen and oxygen atoms in total. The molecule has 0 saturated heterocycles.